The van der Waals surface area contributed by atoms with E-state index >= 15 is 0 Å². The highest BCUT2D eigenvalue weighted by Gasteiger charge is 2.24. The predicted molar refractivity (Wildman–Crippen MR) is 139 cm³/mol. The number of halogens is 3. The Morgan fingerprint density at radius 2 is 1.97 bits per heavy atom. The second-order valence-electron chi connectivity index (χ2n) is 8.43. The van der Waals surface area contributed by atoms with Crippen LogP contribution in [0.2, 0.25) is 5.02 Å². The molecule has 1 heterocycles. The molecular weight excluding hydrogens is 594 g/mol. The van der Waals surface area contributed by atoms with Crippen LogP contribution in [0.4, 0.5) is 0 Å². The fraction of sp³-hybridized carbons (Fsp3) is 0.304. The number of hydrogen-bond donors (Lipinski definition) is 1. The Bertz CT molecular complexity index is 1370. The van der Waals surface area contributed by atoms with E-state index in [1.54, 1.807) is 18.2 Å². The van der Waals surface area contributed by atoms with Gasteiger partial charge in [-0.2, -0.15) is 9.78 Å². The van der Waals surface area contributed by atoms with Crippen LogP contribution in [0.5, 0.6) is 11.5 Å². The van der Waals surface area contributed by atoms with Crippen molar-refractivity contribution in [3.8, 4) is 11.5 Å². The fourth-order valence-corrected chi connectivity index (χ4v) is 4.05. The summed E-state index contributed by atoms with van der Waals surface area (Å²) >= 11 is 13.2. The largest absolute Gasteiger partial charge is 0.493 e. The predicted octanol–water partition coefficient (Wildman–Crippen LogP) is 5.62. The lowest BCUT2D eigenvalue weighted by Gasteiger charge is -2.21. The molecule has 1 atom stereocenters. The molecule has 0 bridgehead atoms. The number of aromatic nitrogens is 2. The molecule has 3 rings (SSSR count). The summed E-state index contributed by atoms with van der Waals surface area (Å²) in [6.07, 6.45) is 0.305. The van der Waals surface area contributed by atoms with E-state index in [2.05, 4.69) is 41.9 Å². The molecule has 0 amide bonds. The molecule has 0 aliphatic rings. The van der Waals surface area contributed by atoms with Gasteiger partial charge in [0.25, 0.3) is 5.56 Å². The molecule has 0 aliphatic carbocycles. The van der Waals surface area contributed by atoms with Crippen LogP contribution < -0.4 is 15.0 Å². The average Bonchev–Trinajstić information content (AvgIpc) is 2.76. The number of methoxy groups -OCH3 is 1. The van der Waals surface area contributed by atoms with Gasteiger partial charge in [-0.3, -0.25) is 4.79 Å². The maximum absolute atomic E-state index is 13.3. The van der Waals surface area contributed by atoms with Gasteiger partial charge >= 0.3 is 5.97 Å². The van der Waals surface area contributed by atoms with E-state index in [4.69, 9.17) is 26.2 Å². The molecule has 0 spiro atoms. The van der Waals surface area contributed by atoms with Crippen molar-refractivity contribution in [1.82, 2.24) is 9.66 Å². The van der Waals surface area contributed by atoms with Crippen molar-refractivity contribution < 1.29 is 19.4 Å². The van der Waals surface area contributed by atoms with Gasteiger partial charge in [0.1, 0.15) is 10.8 Å². The number of carboxylic acid groups (broad SMARTS) is 1. The van der Waals surface area contributed by atoms with Gasteiger partial charge in [-0.25, -0.2) is 9.78 Å². The first-order valence-corrected chi connectivity index (χ1v) is 12.0. The van der Waals surface area contributed by atoms with Crippen LogP contribution in [-0.2, 0) is 10.2 Å². The van der Waals surface area contributed by atoms with Crippen molar-refractivity contribution in [3.05, 3.63) is 60.0 Å². The highest BCUT2D eigenvalue weighted by atomic mass is 79.9. The van der Waals surface area contributed by atoms with Gasteiger partial charge in [-0.05, 0) is 47.1 Å². The lowest BCUT2D eigenvalue weighted by molar-refractivity contribution is -0.144. The van der Waals surface area contributed by atoms with Crippen molar-refractivity contribution in [2.24, 2.45) is 5.10 Å². The Hall–Kier alpha value is -2.43. The molecular formula is C23H22Br2ClN3O5. The van der Waals surface area contributed by atoms with Crippen molar-refractivity contribution in [2.75, 3.05) is 7.11 Å². The molecule has 0 radical (unpaired) electrons. The van der Waals surface area contributed by atoms with E-state index in [-0.39, 0.29) is 22.1 Å². The van der Waals surface area contributed by atoms with E-state index in [0.717, 1.165) is 4.47 Å². The monoisotopic (exact) mass is 613 g/mol. The van der Waals surface area contributed by atoms with Gasteiger partial charge in [0.2, 0.25) is 0 Å². The highest BCUT2D eigenvalue weighted by Crippen LogP contribution is 2.42. The van der Waals surface area contributed by atoms with Crippen molar-refractivity contribution in [3.63, 3.8) is 0 Å². The van der Waals surface area contributed by atoms with Gasteiger partial charge in [0.05, 0.1) is 24.2 Å². The van der Waals surface area contributed by atoms with Crippen LogP contribution in [0.15, 0.2) is 43.1 Å². The smallest absolute Gasteiger partial charge is 0.344 e. The van der Waals surface area contributed by atoms with Crippen LogP contribution in [0.1, 0.15) is 39.1 Å². The van der Waals surface area contributed by atoms with E-state index in [9.17, 15) is 9.59 Å². The normalized spacial score (nSPS) is 12.8. The number of ether oxygens (including phenoxy) is 2. The summed E-state index contributed by atoms with van der Waals surface area (Å²) in [5, 5.41) is 14.1. The molecule has 1 aromatic heterocycles. The van der Waals surface area contributed by atoms with Crippen LogP contribution in [-0.4, -0.2) is 40.2 Å². The highest BCUT2D eigenvalue weighted by molar-refractivity contribution is 9.10. The number of hydrogen-bond acceptors (Lipinski definition) is 6. The summed E-state index contributed by atoms with van der Waals surface area (Å²) in [7, 11) is 1.41. The molecule has 2 aromatic carbocycles. The first-order chi connectivity index (χ1) is 15.8. The van der Waals surface area contributed by atoms with Crippen molar-refractivity contribution >= 4 is 66.5 Å². The van der Waals surface area contributed by atoms with Gasteiger partial charge in [-0.15, -0.1) is 0 Å². The number of benzene rings is 2. The topological polar surface area (TPSA) is 103 Å². The molecule has 0 aliphatic heterocycles. The van der Waals surface area contributed by atoms with Crippen LogP contribution in [0.25, 0.3) is 10.9 Å². The Labute approximate surface area is 217 Å². The zero-order valence-electron chi connectivity index (χ0n) is 19.0. The maximum Gasteiger partial charge on any atom is 0.344 e. The van der Waals surface area contributed by atoms with Crippen molar-refractivity contribution in [2.45, 2.75) is 39.2 Å². The minimum Gasteiger partial charge on any atom is -0.493 e. The molecule has 3 aromatic rings. The van der Waals surface area contributed by atoms with Crippen LogP contribution in [0, 0.1) is 0 Å². The SMILES string of the molecule is COc1cc(C=Nn2c(C(C)(C)C)nc3ccc(Br)cc3c2=O)c(Br)c(Cl)c1O[C@@H](C)C(=O)O. The van der Waals surface area contributed by atoms with Gasteiger partial charge in [-0.1, -0.05) is 48.3 Å². The number of carboxylic acids is 1. The van der Waals surface area contributed by atoms with Gasteiger partial charge in [0, 0.05) is 19.9 Å². The number of aliphatic carboxylic acids is 1. The molecule has 34 heavy (non-hydrogen) atoms. The lowest BCUT2D eigenvalue weighted by atomic mass is 9.95. The summed E-state index contributed by atoms with van der Waals surface area (Å²) < 4.78 is 13.2. The molecule has 11 heteroatoms. The quantitative estimate of drug-likeness (QED) is 0.362. The molecule has 8 nitrogen and oxygen atoms in total. The summed E-state index contributed by atoms with van der Waals surface area (Å²) in [6.45, 7) is 7.21. The Morgan fingerprint density at radius 1 is 1.29 bits per heavy atom. The number of carbonyl (C=O) groups is 1. The second kappa shape index (κ2) is 10.1. The minimum absolute atomic E-state index is 0.0767. The Morgan fingerprint density at radius 3 is 2.56 bits per heavy atom. The zero-order chi connectivity index (χ0) is 25.4. The number of fused-ring (bicyclic) bond motifs is 1. The minimum atomic E-state index is -1.15. The summed E-state index contributed by atoms with van der Waals surface area (Å²) in [5.74, 6) is -0.378. The van der Waals surface area contributed by atoms with E-state index in [1.165, 1.54) is 24.9 Å². The molecule has 0 fully saturated rings. The van der Waals surface area contributed by atoms with E-state index in [1.807, 2.05) is 26.8 Å². The second-order valence-corrected chi connectivity index (χ2v) is 10.5. The first-order valence-electron chi connectivity index (χ1n) is 10.1. The summed E-state index contributed by atoms with van der Waals surface area (Å²) in [6, 6.07) is 6.89. The number of nitrogens with zero attached hydrogens (tertiary/aromatic N) is 3. The Balaban J connectivity index is 2.18. The average molecular weight is 616 g/mol. The first kappa shape index (κ1) is 26.2. The third kappa shape index (κ3) is 5.29. The molecule has 180 valence electrons. The van der Waals surface area contributed by atoms with Crippen LogP contribution in [0.3, 0.4) is 0 Å². The van der Waals surface area contributed by atoms with Gasteiger partial charge < -0.3 is 14.6 Å². The standard InChI is InChI=1S/C23H22Br2ClN3O5/c1-11(21(31)32)34-19-16(33-5)8-12(17(25)18(19)26)10-27-29-20(30)14-9-13(24)6-7-15(14)28-22(29)23(2,3)4/h6-11H,1-5H3,(H,31,32)/t11-/m0/s1. The number of rotatable bonds is 6. The van der Waals surface area contributed by atoms with E-state index < -0.39 is 17.5 Å². The maximum atomic E-state index is 13.3. The molecule has 0 saturated carbocycles. The lowest BCUT2D eigenvalue weighted by Crippen LogP contribution is -2.29. The summed E-state index contributed by atoms with van der Waals surface area (Å²) in [5.41, 5.74) is 0.259. The molecule has 0 saturated heterocycles. The van der Waals surface area contributed by atoms with Gasteiger partial charge in [0.15, 0.2) is 17.6 Å². The molecule has 1 N–H and O–H groups in total. The van der Waals surface area contributed by atoms with Crippen molar-refractivity contribution in [1.29, 1.82) is 0 Å². The third-order valence-electron chi connectivity index (χ3n) is 4.81. The Kier molecular flexibility index (Phi) is 7.74. The summed E-state index contributed by atoms with van der Waals surface area (Å²) in [4.78, 5) is 29.2. The van der Waals surface area contributed by atoms with E-state index in [0.29, 0.717) is 26.8 Å². The zero-order valence-corrected chi connectivity index (χ0v) is 22.9. The third-order valence-corrected chi connectivity index (χ3v) is 6.75. The fourth-order valence-electron chi connectivity index (χ4n) is 3.05. The molecule has 0 unspecified atom stereocenters. The van der Waals surface area contributed by atoms with Crippen LogP contribution >= 0.6 is 43.5 Å².